The van der Waals surface area contributed by atoms with Crippen molar-refractivity contribution < 1.29 is 19.1 Å². The van der Waals surface area contributed by atoms with E-state index in [-0.39, 0.29) is 11.9 Å². The molecule has 0 heterocycles. The molecule has 2 atom stereocenters. The Labute approximate surface area is 154 Å². The first kappa shape index (κ1) is 17.3. The van der Waals surface area contributed by atoms with Gasteiger partial charge in [0, 0.05) is 36.8 Å². The molecule has 2 unspecified atom stereocenters. The first-order chi connectivity index (χ1) is 12.6. The van der Waals surface area contributed by atoms with Crippen LogP contribution in [0, 0.1) is 0 Å². The number of hydrogen-bond donors (Lipinski definition) is 0. The van der Waals surface area contributed by atoms with Crippen LogP contribution in [0.1, 0.15) is 88.2 Å². The average molecular weight is 354 g/mol. The van der Waals surface area contributed by atoms with Crippen LogP contribution in [0.5, 0.6) is 11.5 Å². The lowest BCUT2D eigenvalue weighted by Gasteiger charge is -2.42. The van der Waals surface area contributed by atoms with Crippen molar-refractivity contribution >= 4 is 11.9 Å². The molecular formula is C22H26O4. The zero-order valence-electron chi connectivity index (χ0n) is 15.6. The van der Waals surface area contributed by atoms with E-state index in [4.69, 9.17) is 9.47 Å². The van der Waals surface area contributed by atoms with Crippen molar-refractivity contribution in [2.45, 2.75) is 77.0 Å². The minimum Gasteiger partial charge on any atom is -0.426 e. The summed E-state index contributed by atoms with van der Waals surface area (Å²) >= 11 is 0. The van der Waals surface area contributed by atoms with E-state index in [2.05, 4.69) is 0 Å². The van der Waals surface area contributed by atoms with Gasteiger partial charge in [0.25, 0.3) is 0 Å². The van der Waals surface area contributed by atoms with Gasteiger partial charge in [-0.15, -0.1) is 0 Å². The lowest BCUT2D eigenvalue weighted by molar-refractivity contribution is -0.133. The third-order valence-electron chi connectivity index (χ3n) is 6.04. The molecule has 0 N–H and O–H groups in total. The van der Waals surface area contributed by atoms with Crippen LogP contribution in [-0.4, -0.2) is 11.9 Å². The molecule has 2 saturated carbocycles. The summed E-state index contributed by atoms with van der Waals surface area (Å²) in [5, 5.41) is 0. The number of benzene rings is 1. The van der Waals surface area contributed by atoms with Crippen molar-refractivity contribution in [3.05, 3.63) is 34.4 Å². The fourth-order valence-corrected chi connectivity index (χ4v) is 5.23. The lowest BCUT2D eigenvalue weighted by atomic mass is 9.63. The van der Waals surface area contributed by atoms with Gasteiger partial charge in [0.1, 0.15) is 11.5 Å². The van der Waals surface area contributed by atoms with Crippen LogP contribution in [0.25, 0.3) is 0 Å². The predicted octanol–water partition coefficient (Wildman–Crippen LogP) is 5.16. The highest BCUT2D eigenvalue weighted by Crippen LogP contribution is 2.57. The molecule has 4 rings (SSSR count). The molecule has 0 spiro atoms. The van der Waals surface area contributed by atoms with Crippen molar-refractivity contribution in [2.24, 2.45) is 0 Å². The Morgan fingerprint density at radius 3 is 1.58 bits per heavy atom. The van der Waals surface area contributed by atoms with E-state index < -0.39 is 0 Å². The van der Waals surface area contributed by atoms with Gasteiger partial charge in [-0.3, -0.25) is 9.59 Å². The van der Waals surface area contributed by atoms with Crippen LogP contribution in [0.4, 0.5) is 0 Å². The van der Waals surface area contributed by atoms with E-state index in [1.165, 1.54) is 39.5 Å². The molecule has 0 radical (unpaired) electrons. The highest BCUT2D eigenvalue weighted by Gasteiger charge is 2.40. The Morgan fingerprint density at radius 2 is 1.19 bits per heavy atom. The van der Waals surface area contributed by atoms with E-state index in [0.29, 0.717) is 23.3 Å². The largest absolute Gasteiger partial charge is 0.426 e. The smallest absolute Gasteiger partial charge is 0.308 e. The second-order valence-corrected chi connectivity index (χ2v) is 7.72. The molecule has 0 bridgehead atoms. The van der Waals surface area contributed by atoms with Crippen molar-refractivity contribution in [2.75, 3.05) is 0 Å². The maximum absolute atomic E-state index is 11.7. The molecule has 2 fully saturated rings. The Hall–Kier alpha value is -2.10. The SMILES string of the molecule is CC(=O)Oc1ccc(OC(C)=O)c2c1C1CCCCC1=C1CCCCC12. The van der Waals surface area contributed by atoms with Crippen LogP contribution < -0.4 is 9.47 Å². The molecule has 4 heteroatoms. The quantitative estimate of drug-likeness (QED) is 0.418. The molecule has 3 aliphatic carbocycles. The predicted molar refractivity (Wildman–Crippen MR) is 98.5 cm³/mol. The maximum atomic E-state index is 11.7. The average Bonchev–Trinajstić information content (AvgIpc) is 2.62. The monoisotopic (exact) mass is 354 g/mol. The van der Waals surface area contributed by atoms with E-state index in [9.17, 15) is 9.59 Å². The van der Waals surface area contributed by atoms with Crippen molar-refractivity contribution in [3.63, 3.8) is 0 Å². The molecule has 0 amide bonds. The minimum atomic E-state index is -0.303. The first-order valence-electron chi connectivity index (χ1n) is 9.81. The van der Waals surface area contributed by atoms with Crippen LogP contribution >= 0.6 is 0 Å². The third kappa shape index (κ3) is 2.95. The minimum absolute atomic E-state index is 0.299. The van der Waals surface area contributed by atoms with Crippen molar-refractivity contribution in [3.8, 4) is 11.5 Å². The highest BCUT2D eigenvalue weighted by atomic mass is 16.5. The lowest BCUT2D eigenvalue weighted by Crippen LogP contribution is -2.26. The van der Waals surface area contributed by atoms with E-state index >= 15 is 0 Å². The highest BCUT2D eigenvalue weighted by molar-refractivity contribution is 5.74. The molecule has 138 valence electrons. The third-order valence-corrected chi connectivity index (χ3v) is 6.04. The van der Waals surface area contributed by atoms with E-state index in [0.717, 1.165) is 36.8 Å². The second kappa shape index (κ2) is 6.90. The Bertz CT molecular complexity index is 725. The number of allylic oxidation sites excluding steroid dienone is 2. The second-order valence-electron chi connectivity index (χ2n) is 7.72. The summed E-state index contributed by atoms with van der Waals surface area (Å²) < 4.78 is 11.2. The van der Waals surface area contributed by atoms with Gasteiger partial charge in [0.2, 0.25) is 0 Å². The number of fused-ring (bicyclic) bond motifs is 5. The Kier molecular flexibility index (Phi) is 4.60. The van der Waals surface area contributed by atoms with Crippen LogP contribution in [0.15, 0.2) is 23.3 Å². The first-order valence-corrected chi connectivity index (χ1v) is 9.81. The summed E-state index contributed by atoms with van der Waals surface area (Å²) in [6, 6.07) is 3.61. The summed E-state index contributed by atoms with van der Waals surface area (Å²) in [5.41, 5.74) is 5.34. The topological polar surface area (TPSA) is 52.6 Å². The Morgan fingerprint density at radius 1 is 0.769 bits per heavy atom. The van der Waals surface area contributed by atoms with Crippen LogP contribution in [-0.2, 0) is 9.59 Å². The molecule has 1 aromatic rings. The summed E-state index contributed by atoms with van der Waals surface area (Å²) in [6.07, 6.45) is 9.30. The van der Waals surface area contributed by atoms with Crippen LogP contribution in [0.3, 0.4) is 0 Å². The Balaban J connectivity index is 1.93. The van der Waals surface area contributed by atoms with Gasteiger partial charge in [-0.05, 0) is 50.7 Å². The molecular weight excluding hydrogens is 328 g/mol. The summed E-state index contributed by atoms with van der Waals surface area (Å²) in [7, 11) is 0. The standard InChI is InChI=1S/C22H26O4/c1-13(23)25-19-11-12-20(26-14(2)24)22-18-10-6-4-8-16(18)15-7-3-5-9-17(15)21(19)22/h11-12,17-18H,3-10H2,1-2H3. The van der Waals surface area contributed by atoms with Gasteiger partial charge in [-0.25, -0.2) is 0 Å². The van der Waals surface area contributed by atoms with Crippen molar-refractivity contribution in [1.29, 1.82) is 0 Å². The zero-order chi connectivity index (χ0) is 18.3. The van der Waals surface area contributed by atoms with E-state index in [1.807, 2.05) is 0 Å². The molecule has 0 aromatic heterocycles. The number of esters is 2. The van der Waals surface area contributed by atoms with Gasteiger partial charge < -0.3 is 9.47 Å². The number of carbonyl (C=O) groups excluding carboxylic acids is 2. The summed E-state index contributed by atoms with van der Waals surface area (Å²) in [6.45, 7) is 2.89. The van der Waals surface area contributed by atoms with Gasteiger partial charge in [0.15, 0.2) is 0 Å². The van der Waals surface area contributed by atoms with Crippen LogP contribution in [0.2, 0.25) is 0 Å². The van der Waals surface area contributed by atoms with Gasteiger partial charge in [-0.1, -0.05) is 24.0 Å². The maximum Gasteiger partial charge on any atom is 0.308 e. The number of rotatable bonds is 2. The molecule has 0 aliphatic heterocycles. The number of ether oxygens (including phenoxy) is 2. The zero-order valence-corrected chi connectivity index (χ0v) is 15.6. The fourth-order valence-electron chi connectivity index (χ4n) is 5.23. The molecule has 0 saturated heterocycles. The molecule has 26 heavy (non-hydrogen) atoms. The van der Waals surface area contributed by atoms with E-state index in [1.54, 1.807) is 23.3 Å². The normalized spacial score (nSPS) is 24.2. The fraction of sp³-hybridized carbons (Fsp3) is 0.545. The van der Waals surface area contributed by atoms with Crippen molar-refractivity contribution in [1.82, 2.24) is 0 Å². The van der Waals surface area contributed by atoms with Gasteiger partial charge >= 0.3 is 11.9 Å². The number of carbonyl (C=O) groups is 2. The number of hydrogen-bond acceptors (Lipinski definition) is 4. The van der Waals surface area contributed by atoms with Gasteiger partial charge in [-0.2, -0.15) is 0 Å². The molecule has 4 nitrogen and oxygen atoms in total. The summed E-state index contributed by atoms with van der Waals surface area (Å²) in [4.78, 5) is 23.4. The summed E-state index contributed by atoms with van der Waals surface area (Å²) in [5.74, 6) is 1.29. The van der Waals surface area contributed by atoms with Gasteiger partial charge in [0.05, 0.1) is 0 Å². The molecule has 3 aliphatic rings. The molecule has 1 aromatic carbocycles.